The van der Waals surface area contributed by atoms with E-state index in [9.17, 15) is 4.79 Å². The number of rotatable bonds is 5. The lowest BCUT2D eigenvalue weighted by Crippen LogP contribution is -2.15. The lowest BCUT2D eigenvalue weighted by molar-refractivity contribution is -0.111. The van der Waals surface area contributed by atoms with E-state index in [2.05, 4.69) is 4.90 Å². The number of hydrogen-bond acceptors (Lipinski definition) is 3. The van der Waals surface area contributed by atoms with Gasteiger partial charge < -0.3 is 4.90 Å². The second kappa shape index (κ2) is 6.68. The molecule has 0 rings (SSSR count). The minimum Gasteiger partial charge on any atom is -0.309 e. The van der Waals surface area contributed by atoms with Crippen LogP contribution >= 0.6 is 11.8 Å². The van der Waals surface area contributed by atoms with Gasteiger partial charge in [0.05, 0.1) is 0 Å². The van der Waals surface area contributed by atoms with Crippen LogP contribution in [0.15, 0.2) is 0 Å². The molecule has 0 aromatic heterocycles. The van der Waals surface area contributed by atoms with Crippen LogP contribution in [-0.4, -0.2) is 36.4 Å². The van der Waals surface area contributed by atoms with Gasteiger partial charge in [0.25, 0.3) is 0 Å². The topological polar surface area (TPSA) is 20.3 Å². The molecule has 0 heterocycles. The highest BCUT2D eigenvalue weighted by atomic mass is 32.2. The van der Waals surface area contributed by atoms with Gasteiger partial charge in [0, 0.05) is 18.7 Å². The van der Waals surface area contributed by atoms with Gasteiger partial charge in [-0.1, -0.05) is 18.7 Å². The SMILES string of the molecule is CCCC(=O)SCCN(C)C. The van der Waals surface area contributed by atoms with Crippen LogP contribution in [0.25, 0.3) is 0 Å². The number of thioether (sulfide) groups is 1. The zero-order valence-corrected chi connectivity index (χ0v) is 8.41. The third kappa shape index (κ3) is 7.88. The lowest BCUT2D eigenvalue weighted by atomic mass is 10.4. The standard InChI is InChI=1S/C8H17NOS/c1-4-5-8(10)11-7-6-9(2)3/h4-7H2,1-3H3. The Balaban J connectivity index is 3.17. The largest absolute Gasteiger partial charge is 0.309 e. The summed E-state index contributed by atoms with van der Waals surface area (Å²) in [7, 11) is 4.04. The zero-order valence-electron chi connectivity index (χ0n) is 7.59. The Morgan fingerprint density at radius 2 is 2.09 bits per heavy atom. The average molecular weight is 175 g/mol. The van der Waals surface area contributed by atoms with Gasteiger partial charge in [-0.25, -0.2) is 0 Å². The molecule has 3 heteroatoms. The Morgan fingerprint density at radius 3 is 2.55 bits per heavy atom. The number of nitrogens with zero attached hydrogens (tertiary/aromatic N) is 1. The normalized spacial score (nSPS) is 10.5. The van der Waals surface area contributed by atoms with E-state index in [0.29, 0.717) is 5.12 Å². The van der Waals surface area contributed by atoms with Crippen molar-refractivity contribution >= 4 is 16.9 Å². The first kappa shape index (κ1) is 11.0. The molecule has 0 aliphatic heterocycles. The smallest absolute Gasteiger partial charge is 0.188 e. The molecule has 0 radical (unpaired) electrons. The molecule has 2 nitrogen and oxygen atoms in total. The van der Waals surface area contributed by atoms with Gasteiger partial charge in [0.15, 0.2) is 5.12 Å². The van der Waals surface area contributed by atoms with E-state index in [1.54, 1.807) is 0 Å². The summed E-state index contributed by atoms with van der Waals surface area (Å²) >= 11 is 1.45. The molecule has 0 amide bonds. The van der Waals surface area contributed by atoms with Crippen molar-refractivity contribution in [1.29, 1.82) is 0 Å². The molecule has 0 spiro atoms. The number of hydrogen-bond donors (Lipinski definition) is 0. The molecule has 0 aromatic rings. The van der Waals surface area contributed by atoms with Crippen LogP contribution in [0, 0.1) is 0 Å². The minimum absolute atomic E-state index is 0.328. The van der Waals surface area contributed by atoms with E-state index in [-0.39, 0.29) is 0 Å². The van der Waals surface area contributed by atoms with Crippen LogP contribution < -0.4 is 0 Å². The van der Waals surface area contributed by atoms with Crippen molar-refractivity contribution in [3.05, 3.63) is 0 Å². The van der Waals surface area contributed by atoms with Crippen LogP contribution in [0.3, 0.4) is 0 Å². The monoisotopic (exact) mass is 175 g/mol. The predicted molar refractivity (Wildman–Crippen MR) is 50.9 cm³/mol. The first-order valence-electron chi connectivity index (χ1n) is 3.97. The van der Waals surface area contributed by atoms with Crippen molar-refractivity contribution in [2.75, 3.05) is 26.4 Å². The fourth-order valence-electron chi connectivity index (χ4n) is 0.618. The summed E-state index contributed by atoms with van der Waals surface area (Å²) < 4.78 is 0. The van der Waals surface area contributed by atoms with Crippen molar-refractivity contribution in [3.63, 3.8) is 0 Å². The van der Waals surface area contributed by atoms with E-state index in [0.717, 1.165) is 25.1 Å². The van der Waals surface area contributed by atoms with Crippen molar-refractivity contribution in [3.8, 4) is 0 Å². The Labute approximate surface area is 73.3 Å². The summed E-state index contributed by atoms with van der Waals surface area (Å²) in [6.45, 7) is 3.02. The highest BCUT2D eigenvalue weighted by Crippen LogP contribution is 2.06. The second-order valence-electron chi connectivity index (χ2n) is 2.77. The van der Waals surface area contributed by atoms with E-state index in [4.69, 9.17) is 0 Å². The zero-order chi connectivity index (χ0) is 8.69. The molecule has 66 valence electrons. The van der Waals surface area contributed by atoms with Crippen LogP contribution in [0.1, 0.15) is 19.8 Å². The van der Waals surface area contributed by atoms with E-state index in [1.807, 2.05) is 21.0 Å². The molecule has 0 fully saturated rings. The predicted octanol–water partition coefficient (Wildman–Crippen LogP) is 1.61. The molecule has 0 aliphatic carbocycles. The Kier molecular flexibility index (Phi) is 6.66. The highest BCUT2D eigenvalue weighted by molar-refractivity contribution is 8.13. The molecular formula is C8H17NOS. The fraction of sp³-hybridized carbons (Fsp3) is 0.875. The minimum atomic E-state index is 0.328. The highest BCUT2D eigenvalue weighted by Gasteiger charge is 2.00. The number of carbonyl (C=O) groups is 1. The molecule has 0 aromatic carbocycles. The molecule has 0 N–H and O–H groups in total. The Bertz CT molecular complexity index is 115. The van der Waals surface area contributed by atoms with Crippen molar-refractivity contribution in [2.24, 2.45) is 0 Å². The van der Waals surface area contributed by atoms with Crippen molar-refractivity contribution in [1.82, 2.24) is 4.90 Å². The second-order valence-corrected chi connectivity index (χ2v) is 3.93. The molecular weight excluding hydrogens is 158 g/mol. The summed E-state index contributed by atoms with van der Waals surface area (Å²) in [6.07, 6.45) is 1.69. The van der Waals surface area contributed by atoms with Crippen LogP contribution in [0.2, 0.25) is 0 Å². The van der Waals surface area contributed by atoms with Gasteiger partial charge >= 0.3 is 0 Å². The third-order valence-electron chi connectivity index (χ3n) is 1.26. The van der Waals surface area contributed by atoms with Gasteiger partial charge in [-0.15, -0.1) is 0 Å². The Morgan fingerprint density at radius 1 is 1.45 bits per heavy atom. The first-order chi connectivity index (χ1) is 5.16. The van der Waals surface area contributed by atoms with Crippen molar-refractivity contribution in [2.45, 2.75) is 19.8 Å². The molecule has 11 heavy (non-hydrogen) atoms. The van der Waals surface area contributed by atoms with Gasteiger partial charge in [-0.05, 0) is 20.5 Å². The van der Waals surface area contributed by atoms with E-state index in [1.165, 1.54) is 11.8 Å². The van der Waals surface area contributed by atoms with E-state index >= 15 is 0 Å². The quantitative estimate of drug-likeness (QED) is 0.633. The third-order valence-corrected chi connectivity index (χ3v) is 2.17. The average Bonchev–Trinajstić information content (AvgIpc) is 1.87. The Hall–Kier alpha value is -0.0200. The summed E-state index contributed by atoms with van der Waals surface area (Å²) in [5, 5.41) is 0.328. The summed E-state index contributed by atoms with van der Waals surface area (Å²) in [5.41, 5.74) is 0. The molecule has 0 atom stereocenters. The van der Waals surface area contributed by atoms with Gasteiger partial charge in [-0.2, -0.15) is 0 Å². The molecule has 0 saturated carbocycles. The summed E-state index contributed by atoms with van der Waals surface area (Å²) in [4.78, 5) is 13.1. The van der Waals surface area contributed by atoms with E-state index < -0.39 is 0 Å². The summed E-state index contributed by atoms with van der Waals surface area (Å²) in [5.74, 6) is 0.922. The first-order valence-corrected chi connectivity index (χ1v) is 4.95. The maximum absolute atomic E-state index is 11.0. The molecule has 0 bridgehead atoms. The van der Waals surface area contributed by atoms with Crippen LogP contribution in [0.4, 0.5) is 0 Å². The lowest BCUT2D eigenvalue weighted by Gasteiger charge is -2.07. The summed E-state index contributed by atoms with van der Waals surface area (Å²) in [6, 6.07) is 0. The fourth-order valence-corrected chi connectivity index (χ4v) is 1.65. The maximum atomic E-state index is 11.0. The molecule has 0 saturated heterocycles. The molecule has 0 unspecified atom stereocenters. The molecule has 0 aliphatic rings. The van der Waals surface area contributed by atoms with Crippen molar-refractivity contribution < 1.29 is 4.79 Å². The maximum Gasteiger partial charge on any atom is 0.188 e. The van der Waals surface area contributed by atoms with Gasteiger partial charge in [0.2, 0.25) is 0 Å². The number of carbonyl (C=O) groups excluding carboxylic acids is 1. The van der Waals surface area contributed by atoms with Crippen LogP contribution in [0.5, 0.6) is 0 Å². The van der Waals surface area contributed by atoms with Gasteiger partial charge in [-0.3, -0.25) is 4.79 Å². The van der Waals surface area contributed by atoms with Gasteiger partial charge in [0.1, 0.15) is 0 Å². The van der Waals surface area contributed by atoms with Crippen LogP contribution in [-0.2, 0) is 4.79 Å².